The van der Waals surface area contributed by atoms with Crippen LogP contribution in [0, 0.1) is 17.8 Å². The Morgan fingerprint density at radius 2 is 1.54 bits per heavy atom. The van der Waals surface area contributed by atoms with Gasteiger partial charge < -0.3 is 53.8 Å². The van der Waals surface area contributed by atoms with E-state index in [1.54, 1.807) is 0 Å². The second kappa shape index (κ2) is 14.3. The minimum atomic E-state index is -0.790. The molecule has 10 fully saturated rings. The van der Waals surface area contributed by atoms with E-state index >= 15 is 0 Å². The highest BCUT2D eigenvalue weighted by molar-refractivity contribution is 5.79. The van der Waals surface area contributed by atoms with Crippen molar-refractivity contribution in [1.29, 1.82) is 0 Å². The molecule has 12 nitrogen and oxygen atoms in total. The Kier molecular flexibility index (Phi) is 10.0. The topological polar surface area (TPSA) is 157 Å². The number of carbonyl (C=O) groups excluding carboxylic acids is 1. The van der Waals surface area contributed by atoms with Crippen LogP contribution in [0.3, 0.4) is 0 Å². The first-order valence-electron chi connectivity index (χ1n) is 20.3. The van der Waals surface area contributed by atoms with Crippen LogP contribution in [0.5, 0.6) is 0 Å². The molecule has 10 aliphatic rings. The molecule has 19 atom stereocenters. The summed E-state index contributed by atoms with van der Waals surface area (Å²) in [4.78, 5) is 14.0. The van der Waals surface area contributed by atoms with Crippen LogP contribution in [-0.2, 0) is 42.7 Å². The molecule has 0 saturated carbocycles. The molecular weight excluding hydrogens is 670 g/mol. The highest BCUT2D eigenvalue weighted by Gasteiger charge is 2.68. The van der Waals surface area contributed by atoms with Crippen LogP contribution >= 0.6 is 0 Å². The van der Waals surface area contributed by atoms with Gasteiger partial charge in [-0.15, -0.1) is 0 Å². The summed E-state index contributed by atoms with van der Waals surface area (Å²) in [5.74, 6) is -1.03. The Hall–Kier alpha value is -1.29. The van der Waals surface area contributed by atoms with Gasteiger partial charge in [-0.1, -0.05) is 20.1 Å². The normalized spacial score (nSPS) is 52.4. The molecule has 0 amide bonds. The van der Waals surface area contributed by atoms with Crippen molar-refractivity contribution < 1.29 is 52.9 Å². The lowest BCUT2D eigenvalue weighted by molar-refractivity contribution is -0.292. The SMILES string of the molecule is C=C1CC2CC[C@@]34C[C@H]5O[C@@H]6C(O[C@H]7CC[C@H](CC(=O)C[C@H]8C(C[C@H]9O[C@@H](CCC1O2)C[C@@H](C)C9=C)O[C@H](C[C@H](O)CN)[C@@H]8CO)O[C@@H]7[C@@H]6O3)C5O4. The fourth-order valence-electron chi connectivity index (χ4n) is 11.4. The average molecular weight is 730 g/mol. The average Bonchev–Trinajstić information content (AvgIpc) is 3.79. The molecular formula is C40H59NO11. The van der Waals surface area contributed by atoms with Gasteiger partial charge in [0.1, 0.15) is 36.3 Å². The summed E-state index contributed by atoms with van der Waals surface area (Å²) in [6.07, 6.45) is 4.73. The predicted molar refractivity (Wildman–Crippen MR) is 186 cm³/mol. The molecule has 0 radical (unpaired) electrons. The Morgan fingerprint density at radius 3 is 2.37 bits per heavy atom. The van der Waals surface area contributed by atoms with Crippen molar-refractivity contribution in [3.63, 3.8) is 0 Å². The summed E-state index contributed by atoms with van der Waals surface area (Å²) in [7, 11) is 0. The number of nitrogens with two attached hydrogens (primary N) is 1. The van der Waals surface area contributed by atoms with Gasteiger partial charge in [0.15, 0.2) is 5.79 Å². The van der Waals surface area contributed by atoms with Gasteiger partial charge >= 0.3 is 0 Å². The molecule has 4 N–H and O–H groups in total. The Bertz CT molecular complexity index is 1380. The maximum atomic E-state index is 14.0. The number of fused-ring (bicyclic) bond motifs is 6. The maximum absolute atomic E-state index is 14.0. The first-order valence-corrected chi connectivity index (χ1v) is 20.3. The van der Waals surface area contributed by atoms with Crippen LogP contribution in [0.15, 0.2) is 24.3 Å². The van der Waals surface area contributed by atoms with Gasteiger partial charge in [0, 0.05) is 57.6 Å². The summed E-state index contributed by atoms with van der Waals surface area (Å²) >= 11 is 0. The van der Waals surface area contributed by atoms with Crippen molar-refractivity contribution in [2.75, 3.05) is 13.2 Å². The molecule has 12 heteroatoms. The Labute approximate surface area is 307 Å². The zero-order valence-electron chi connectivity index (χ0n) is 30.6. The van der Waals surface area contributed by atoms with E-state index in [0.29, 0.717) is 32.1 Å². The van der Waals surface area contributed by atoms with Gasteiger partial charge in [-0.3, -0.25) is 4.79 Å². The van der Waals surface area contributed by atoms with Crippen LogP contribution in [0.2, 0.25) is 0 Å². The molecule has 0 aromatic heterocycles. The molecule has 10 saturated heterocycles. The Balaban J connectivity index is 0.994. The summed E-state index contributed by atoms with van der Waals surface area (Å²) in [5.41, 5.74) is 7.96. The number of aliphatic hydroxyl groups excluding tert-OH is 2. The van der Waals surface area contributed by atoms with E-state index in [2.05, 4.69) is 20.1 Å². The lowest BCUT2D eigenvalue weighted by atomic mass is 9.78. The number of aliphatic hydroxyl groups is 2. The number of rotatable bonds is 4. The highest BCUT2D eigenvalue weighted by atomic mass is 16.8. The largest absolute Gasteiger partial charge is 0.396 e. The number of Topliss-reactive ketones (excluding diaryl/α,β-unsaturated/α-hetero) is 1. The van der Waals surface area contributed by atoms with Crippen molar-refractivity contribution in [3.8, 4) is 0 Å². The number of carbonyl (C=O) groups is 1. The molecule has 12 bridgehead atoms. The van der Waals surface area contributed by atoms with Gasteiger partial charge in [0.25, 0.3) is 0 Å². The third-order valence-electron chi connectivity index (χ3n) is 14.2. The summed E-state index contributed by atoms with van der Waals surface area (Å²) in [6.45, 7) is 11.0. The zero-order chi connectivity index (χ0) is 35.9. The van der Waals surface area contributed by atoms with E-state index in [1.807, 2.05) is 0 Å². The predicted octanol–water partition coefficient (Wildman–Crippen LogP) is 3.03. The summed E-state index contributed by atoms with van der Waals surface area (Å²) in [6, 6.07) is 0. The van der Waals surface area contributed by atoms with Crippen molar-refractivity contribution in [3.05, 3.63) is 24.3 Å². The standard InChI is InChI=1S/C40H59NO11/c1-19-10-24-4-6-29-20(2)11-26(45-29)8-9-40-16-34-36(51-40)37-38(50-34)39(52-40)35-30(49-37)7-5-25(47-35)12-22(43)13-27-28(18-42)32(14-23(44)17-41)48-33(27)15-31(46-24)21(19)3/h19,23-39,42,44H,2-18,41H2,1H3/t19-,23+,24+,25-,26?,27-,28-,29?,30+,31-,32-,33?,34-,35+,36?,37?,38-,39+,40+/m1/s1. The van der Waals surface area contributed by atoms with Crippen molar-refractivity contribution >= 4 is 5.78 Å². The van der Waals surface area contributed by atoms with Crippen molar-refractivity contribution in [2.45, 2.75) is 188 Å². The van der Waals surface area contributed by atoms with Crippen LogP contribution in [0.25, 0.3) is 0 Å². The summed E-state index contributed by atoms with van der Waals surface area (Å²) < 4.78 is 53.8. The third-order valence-corrected chi connectivity index (χ3v) is 14.2. The molecule has 290 valence electrons. The van der Waals surface area contributed by atoms with Crippen LogP contribution in [0.4, 0.5) is 0 Å². The second-order valence-electron chi connectivity index (χ2n) is 17.6. The quantitative estimate of drug-likeness (QED) is 0.364. The Morgan fingerprint density at radius 1 is 0.788 bits per heavy atom. The fraction of sp³-hybridized carbons (Fsp3) is 0.875. The van der Waals surface area contributed by atoms with Gasteiger partial charge in [0.2, 0.25) is 0 Å². The molecule has 5 unspecified atom stereocenters. The maximum Gasteiger partial charge on any atom is 0.172 e. The van der Waals surface area contributed by atoms with E-state index in [1.165, 1.54) is 0 Å². The van der Waals surface area contributed by atoms with Crippen LogP contribution in [0.1, 0.15) is 90.4 Å². The molecule has 0 aromatic rings. The molecule has 52 heavy (non-hydrogen) atoms. The lowest BCUT2D eigenvalue weighted by Gasteiger charge is -2.47. The minimum Gasteiger partial charge on any atom is -0.396 e. The van der Waals surface area contributed by atoms with E-state index < -0.39 is 18.0 Å². The third kappa shape index (κ3) is 6.59. The molecule has 10 rings (SSSR count). The van der Waals surface area contributed by atoms with Gasteiger partial charge in [0.05, 0.1) is 61.0 Å². The van der Waals surface area contributed by atoms with Crippen LogP contribution < -0.4 is 5.73 Å². The van der Waals surface area contributed by atoms with Crippen molar-refractivity contribution in [1.82, 2.24) is 0 Å². The monoisotopic (exact) mass is 729 g/mol. The number of ether oxygens (including phenoxy) is 8. The molecule has 1 spiro atoms. The van der Waals surface area contributed by atoms with Gasteiger partial charge in [-0.05, 0) is 67.9 Å². The van der Waals surface area contributed by atoms with Crippen molar-refractivity contribution in [2.24, 2.45) is 23.5 Å². The molecule has 10 heterocycles. The minimum absolute atomic E-state index is 0.0270. The number of hydrogen-bond donors (Lipinski definition) is 3. The molecule has 0 aliphatic carbocycles. The second-order valence-corrected chi connectivity index (χ2v) is 17.6. The smallest absolute Gasteiger partial charge is 0.172 e. The van der Waals surface area contributed by atoms with E-state index in [9.17, 15) is 15.0 Å². The number of ketones is 1. The van der Waals surface area contributed by atoms with Crippen LogP contribution in [-0.4, -0.2) is 126 Å². The van der Waals surface area contributed by atoms with E-state index in [4.69, 9.17) is 43.6 Å². The molecule has 10 aliphatic heterocycles. The lowest BCUT2D eigenvalue weighted by Crippen LogP contribution is -2.61. The number of hydrogen-bond acceptors (Lipinski definition) is 12. The van der Waals surface area contributed by atoms with Gasteiger partial charge in [-0.2, -0.15) is 0 Å². The first-order chi connectivity index (χ1) is 25.1. The highest BCUT2D eigenvalue weighted by Crippen LogP contribution is 2.54. The summed E-state index contributed by atoms with van der Waals surface area (Å²) in [5, 5.41) is 21.2. The first kappa shape index (κ1) is 36.4. The zero-order valence-corrected chi connectivity index (χ0v) is 30.6. The van der Waals surface area contributed by atoms with E-state index in [0.717, 1.165) is 49.7 Å². The van der Waals surface area contributed by atoms with Gasteiger partial charge in [-0.25, -0.2) is 0 Å². The van der Waals surface area contributed by atoms with E-state index in [-0.39, 0.29) is 129 Å². The molecule has 0 aromatic carbocycles. The fourth-order valence-corrected chi connectivity index (χ4v) is 11.4.